The summed E-state index contributed by atoms with van der Waals surface area (Å²) in [6.07, 6.45) is 4.10. The number of pyridine rings is 1. The van der Waals surface area contributed by atoms with Crippen LogP contribution in [0.4, 0.5) is 0 Å². The fourth-order valence-corrected chi connectivity index (χ4v) is 4.26. The van der Waals surface area contributed by atoms with Crippen molar-refractivity contribution in [1.82, 2.24) is 14.8 Å². The summed E-state index contributed by atoms with van der Waals surface area (Å²) in [5.41, 5.74) is 2.89. The van der Waals surface area contributed by atoms with E-state index in [-0.39, 0.29) is 11.5 Å². The number of carbonyl (C=O) groups excluding carboxylic acids is 1. The first-order valence-corrected chi connectivity index (χ1v) is 9.74. The number of amides is 1. The highest BCUT2D eigenvalue weighted by Gasteiger charge is 2.29. The Labute approximate surface area is 154 Å². The largest absolute Gasteiger partial charge is 0.342 e. The minimum atomic E-state index is -0.00313. The Morgan fingerprint density at radius 1 is 1.12 bits per heavy atom. The van der Waals surface area contributed by atoms with Crippen molar-refractivity contribution < 1.29 is 4.79 Å². The van der Waals surface area contributed by atoms with Crippen molar-refractivity contribution in [2.45, 2.75) is 39.2 Å². The fourth-order valence-electron chi connectivity index (χ4n) is 4.26. The van der Waals surface area contributed by atoms with Gasteiger partial charge in [0.1, 0.15) is 0 Å². The number of nitrogens with one attached hydrogen (secondary N) is 1. The number of hydrogen-bond acceptors (Lipinski definition) is 3. The minimum absolute atomic E-state index is 0.00313. The highest BCUT2D eigenvalue weighted by atomic mass is 16.2. The molecule has 0 saturated carbocycles. The number of piperidine rings is 1. The summed E-state index contributed by atoms with van der Waals surface area (Å²) in [5, 5.41) is 1.08. The second-order valence-corrected chi connectivity index (χ2v) is 7.80. The van der Waals surface area contributed by atoms with Gasteiger partial charge < -0.3 is 9.88 Å². The zero-order valence-electron chi connectivity index (χ0n) is 15.5. The molecule has 1 N–H and O–H groups in total. The maximum absolute atomic E-state index is 12.6. The number of fused-ring (bicyclic) bond motifs is 1. The molecule has 0 unspecified atom stereocenters. The Morgan fingerprint density at radius 2 is 1.85 bits per heavy atom. The van der Waals surface area contributed by atoms with Crippen LogP contribution in [0.2, 0.25) is 0 Å². The van der Waals surface area contributed by atoms with Crippen molar-refractivity contribution in [3.05, 3.63) is 45.7 Å². The van der Waals surface area contributed by atoms with E-state index in [1.54, 1.807) is 0 Å². The van der Waals surface area contributed by atoms with Gasteiger partial charge in [-0.15, -0.1) is 0 Å². The first-order chi connectivity index (χ1) is 12.6. The molecule has 5 heteroatoms. The summed E-state index contributed by atoms with van der Waals surface area (Å²) >= 11 is 0. The van der Waals surface area contributed by atoms with E-state index in [4.69, 9.17) is 0 Å². The summed E-state index contributed by atoms with van der Waals surface area (Å²) in [6.45, 7) is 6.36. The molecule has 4 rings (SSSR count). The van der Waals surface area contributed by atoms with Gasteiger partial charge in [0.2, 0.25) is 5.91 Å². The van der Waals surface area contributed by atoms with Crippen LogP contribution < -0.4 is 5.56 Å². The number of carbonyl (C=O) groups is 1. The summed E-state index contributed by atoms with van der Waals surface area (Å²) in [5.74, 6) is 0.517. The second kappa shape index (κ2) is 7.23. The standard InChI is InChI=1S/C21H27N3O2/c1-15-4-5-19-17(12-15)13-18(20(25)22-19)14-23-10-6-16(7-11-23)21(26)24-8-2-3-9-24/h4-5,12-13,16H,2-3,6-11,14H2,1H3,(H,22,25). The zero-order valence-corrected chi connectivity index (χ0v) is 15.5. The highest BCUT2D eigenvalue weighted by molar-refractivity contribution is 5.80. The number of nitrogens with zero attached hydrogens (tertiary/aromatic N) is 2. The SMILES string of the molecule is Cc1ccc2[nH]c(=O)c(CN3CCC(C(=O)N4CCCC4)CC3)cc2c1. The van der Waals surface area contributed by atoms with Crippen LogP contribution in [0.5, 0.6) is 0 Å². The van der Waals surface area contributed by atoms with Crippen LogP contribution in [0.25, 0.3) is 10.9 Å². The molecule has 2 aliphatic heterocycles. The molecular formula is C21H27N3O2. The molecule has 1 aromatic heterocycles. The molecule has 0 bridgehead atoms. The maximum Gasteiger partial charge on any atom is 0.252 e. The van der Waals surface area contributed by atoms with Crippen molar-refractivity contribution in [1.29, 1.82) is 0 Å². The Balaban J connectivity index is 1.41. The van der Waals surface area contributed by atoms with Crippen LogP contribution in [0, 0.1) is 12.8 Å². The average Bonchev–Trinajstić information content (AvgIpc) is 3.17. The molecule has 2 saturated heterocycles. The van der Waals surface area contributed by atoms with Gasteiger partial charge in [0.15, 0.2) is 0 Å². The van der Waals surface area contributed by atoms with E-state index in [9.17, 15) is 9.59 Å². The van der Waals surface area contributed by atoms with Crippen LogP contribution in [-0.2, 0) is 11.3 Å². The topological polar surface area (TPSA) is 56.4 Å². The second-order valence-electron chi connectivity index (χ2n) is 7.80. The molecule has 0 aliphatic carbocycles. The van der Waals surface area contributed by atoms with Crippen molar-refractivity contribution in [3.63, 3.8) is 0 Å². The van der Waals surface area contributed by atoms with Gasteiger partial charge in [-0.05, 0) is 69.3 Å². The first kappa shape index (κ1) is 17.3. The zero-order chi connectivity index (χ0) is 18.1. The molecule has 0 atom stereocenters. The van der Waals surface area contributed by atoms with Gasteiger partial charge in [0, 0.05) is 36.6 Å². The van der Waals surface area contributed by atoms with Gasteiger partial charge in [0.25, 0.3) is 5.56 Å². The van der Waals surface area contributed by atoms with E-state index >= 15 is 0 Å². The molecule has 0 spiro atoms. The van der Waals surface area contributed by atoms with Gasteiger partial charge >= 0.3 is 0 Å². The van der Waals surface area contributed by atoms with Crippen LogP contribution >= 0.6 is 0 Å². The quantitative estimate of drug-likeness (QED) is 0.923. The van der Waals surface area contributed by atoms with Crippen molar-refractivity contribution in [2.75, 3.05) is 26.2 Å². The van der Waals surface area contributed by atoms with Crippen LogP contribution in [0.15, 0.2) is 29.1 Å². The Bertz CT molecular complexity index is 859. The van der Waals surface area contributed by atoms with E-state index in [1.165, 1.54) is 5.56 Å². The van der Waals surface area contributed by atoms with Crippen LogP contribution in [-0.4, -0.2) is 46.9 Å². The van der Waals surface area contributed by atoms with E-state index in [0.29, 0.717) is 12.5 Å². The number of aryl methyl sites for hydroxylation is 1. The van der Waals surface area contributed by atoms with Crippen LogP contribution in [0.1, 0.15) is 36.8 Å². The predicted octanol–water partition coefficient (Wildman–Crippen LogP) is 2.67. The molecular weight excluding hydrogens is 326 g/mol. The molecule has 3 heterocycles. The average molecular weight is 353 g/mol. The van der Waals surface area contributed by atoms with Gasteiger partial charge in [-0.2, -0.15) is 0 Å². The third-order valence-electron chi connectivity index (χ3n) is 5.83. The number of aromatic amines is 1. The molecule has 2 aromatic rings. The Hall–Kier alpha value is -2.14. The van der Waals surface area contributed by atoms with Gasteiger partial charge in [-0.3, -0.25) is 14.5 Å². The summed E-state index contributed by atoms with van der Waals surface area (Å²) < 4.78 is 0. The number of aromatic nitrogens is 1. The lowest BCUT2D eigenvalue weighted by atomic mass is 9.95. The smallest absolute Gasteiger partial charge is 0.252 e. The van der Waals surface area contributed by atoms with Crippen molar-refractivity contribution in [3.8, 4) is 0 Å². The molecule has 1 amide bonds. The molecule has 5 nitrogen and oxygen atoms in total. The molecule has 26 heavy (non-hydrogen) atoms. The molecule has 138 valence electrons. The molecule has 1 aromatic carbocycles. The molecule has 2 aliphatic rings. The third-order valence-corrected chi connectivity index (χ3v) is 5.83. The van der Waals surface area contributed by atoms with E-state index in [1.807, 2.05) is 23.1 Å². The third kappa shape index (κ3) is 3.54. The molecule has 2 fully saturated rings. The summed E-state index contributed by atoms with van der Waals surface area (Å²) in [4.78, 5) is 32.3. The van der Waals surface area contributed by atoms with Crippen molar-refractivity contribution >= 4 is 16.8 Å². The lowest BCUT2D eigenvalue weighted by Gasteiger charge is -2.33. The number of H-pyrrole nitrogens is 1. The minimum Gasteiger partial charge on any atom is -0.342 e. The van der Waals surface area contributed by atoms with Gasteiger partial charge in [0.05, 0.1) is 0 Å². The summed E-state index contributed by atoms with van der Waals surface area (Å²) in [7, 11) is 0. The summed E-state index contributed by atoms with van der Waals surface area (Å²) in [6, 6.07) is 8.10. The number of benzene rings is 1. The normalized spacial score (nSPS) is 19.3. The van der Waals surface area contributed by atoms with Gasteiger partial charge in [-0.25, -0.2) is 0 Å². The maximum atomic E-state index is 12.6. The van der Waals surface area contributed by atoms with Crippen molar-refractivity contribution in [2.24, 2.45) is 5.92 Å². The lowest BCUT2D eigenvalue weighted by molar-refractivity contribution is -0.136. The Kier molecular flexibility index (Phi) is 4.81. The van der Waals surface area contributed by atoms with E-state index < -0.39 is 0 Å². The van der Waals surface area contributed by atoms with Crippen LogP contribution in [0.3, 0.4) is 0 Å². The Morgan fingerprint density at radius 3 is 2.58 bits per heavy atom. The monoisotopic (exact) mass is 353 g/mol. The molecule has 0 radical (unpaired) electrons. The van der Waals surface area contributed by atoms with Gasteiger partial charge in [-0.1, -0.05) is 11.6 Å². The number of likely N-dealkylation sites (tertiary alicyclic amines) is 2. The first-order valence-electron chi connectivity index (χ1n) is 9.74. The van der Waals surface area contributed by atoms with E-state index in [0.717, 1.165) is 68.3 Å². The van der Waals surface area contributed by atoms with E-state index in [2.05, 4.69) is 22.9 Å². The lowest BCUT2D eigenvalue weighted by Crippen LogP contribution is -2.41. The fraction of sp³-hybridized carbons (Fsp3) is 0.524. The number of hydrogen-bond donors (Lipinski definition) is 1. The number of rotatable bonds is 3. The highest BCUT2D eigenvalue weighted by Crippen LogP contribution is 2.23. The predicted molar refractivity (Wildman–Crippen MR) is 103 cm³/mol.